The van der Waals surface area contributed by atoms with Gasteiger partial charge in [0.25, 0.3) is 5.91 Å². The predicted molar refractivity (Wildman–Crippen MR) is 93.1 cm³/mol. The van der Waals surface area contributed by atoms with Crippen LogP contribution in [0.5, 0.6) is 0 Å². The molecule has 0 spiro atoms. The van der Waals surface area contributed by atoms with Crippen molar-refractivity contribution in [1.82, 2.24) is 4.98 Å². The second kappa shape index (κ2) is 6.75. The number of carbonyl (C=O) groups is 1. The quantitative estimate of drug-likeness (QED) is 0.751. The Morgan fingerprint density at radius 3 is 2.17 bits per heavy atom. The second-order valence-corrected chi connectivity index (χ2v) is 5.18. The lowest BCUT2D eigenvalue weighted by atomic mass is 10.1. The highest BCUT2D eigenvalue weighted by atomic mass is 16.1. The minimum atomic E-state index is -0.167. The maximum absolute atomic E-state index is 12.6. The number of amides is 1. The molecule has 0 aliphatic carbocycles. The monoisotopic (exact) mass is 303 g/mol. The highest BCUT2D eigenvalue weighted by molar-refractivity contribution is 6.08. The van der Waals surface area contributed by atoms with E-state index in [9.17, 15) is 4.79 Å². The molecule has 2 aromatic carbocycles. The summed E-state index contributed by atoms with van der Waals surface area (Å²) in [6.07, 6.45) is 1.68. The Kier molecular flexibility index (Phi) is 4.34. The number of para-hydroxylation sites is 2. The molecule has 0 fully saturated rings. The van der Waals surface area contributed by atoms with E-state index in [-0.39, 0.29) is 5.91 Å². The molecule has 0 radical (unpaired) electrons. The van der Waals surface area contributed by atoms with Gasteiger partial charge in [0.1, 0.15) is 0 Å². The van der Waals surface area contributed by atoms with E-state index in [4.69, 9.17) is 0 Å². The van der Waals surface area contributed by atoms with Gasteiger partial charge in [-0.1, -0.05) is 36.4 Å². The molecule has 3 rings (SSSR count). The van der Waals surface area contributed by atoms with Crippen molar-refractivity contribution < 1.29 is 4.79 Å². The van der Waals surface area contributed by atoms with Gasteiger partial charge in [0.15, 0.2) is 0 Å². The average molecular weight is 303 g/mol. The molecule has 114 valence electrons. The Balaban J connectivity index is 1.88. The molecule has 0 saturated carbocycles. The molecule has 0 aliphatic heterocycles. The van der Waals surface area contributed by atoms with Gasteiger partial charge in [-0.25, -0.2) is 0 Å². The Morgan fingerprint density at radius 1 is 0.913 bits per heavy atom. The molecule has 0 atom stereocenters. The van der Waals surface area contributed by atoms with Crippen LogP contribution in [0, 0.1) is 6.92 Å². The van der Waals surface area contributed by atoms with Gasteiger partial charge in [-0.15, -0.1) is 0 Å². The molecular weight excluding hydrogens is 286 g/mol. The van der Waals surface area contributed by atoms with Crippen LogP contribution in [0.1, 0.15) is 16.1 Å². The van der Waals surface area contributed by atoms with Gasteiger partial charge < -0.3 is 10.6 Å². The van der Waals surface area contributed by atoms with E-state index in [1.54, 1.807) is 12.3 Å². The van der Waals surface area contributed by atoms with E-state index in [0.717, 1.165) is 17.1 Å². The van der Waals surface area contributed by atoms with Crippen molar-refractivity contribution in [2.45, 2.75) is 6.92 Å². The van der Waals surface area contributed by atoms with E-state index < -0.39 is 0 Å². The van der Waals surface area contributed by atoms with Gasteiger partial charge in [0.2, 0.25) is 0 Å². The number of nitrogens with one attached hydrogen (secondary N) is 2. The van der Waals surface area contributed by atoms with Crippen LogP contribution in [0.2, 0.25) is 0 Å². The van der Waals surface area contributed by atoms with Crippen molar-refractivity contribution >= 4 is 23.0 Å². The minimum Gasteiger partial charge on any atom is -0.354 e. The van der Waals surface area contributed by atoms with Crippen LogP contribution < -0.4 is 10.6 Å². The highest BCUT2D eigenvalue weighted by Crippen LogP contribution is 2.22. The van der Waals surface area contributed by atoms with Gasteiger partial charge in [-0.05, 0) is 37.3 Å². The molecule has 1 aromatic heterocycles. The summed E-state index contributed by atoms with van der Waals surface area (Å²) in [5.74, 6) is -0.167. The zero-order valence-corrected chi connectivity index (χ0v) is 12.8. The van der Waals surface area contributed by atoms with Crippen LogP contribution in [0.15, 0.2) is 72.9 Å². The maximum atomic E-state index is 12.6. The average Bonchev–Trinajstić information content (AvgIpc) is 2.58. The van der Waals surface area contributed by atoms with Crippen LogP contribution in [-0.2, 0) is 0 Å². The van der Waals surface area contributed by atoms with Crippen LogP contribution in [-0.4, -0.2) is 10.9 Å². The van der Waals surface area contributed by atoms with Crippen molar-refractivity contribution in [3.05, 3.63) is 84.2 Å². The highest BCUT2D eigenvalue weighted by Gasteiger charge is 2.13. The van der Waals surface area contributed by atoms with Crippen molar-refractivity contribution in [2.24, 2.45) is 0 Å². The van der Waals surface area contributed by atoms with Crippen LogP contribution in [0.3, 0.4) is 0 Å². The summed E-state index contributed by atoms with van der Waals surface area (Å²) in [4.78, 5) is 16.9. The smallest absolute Gasteiger partial charge is 0.257 e. The lowest BCUT2D eigenvalue weighted by Gasteiger charge is -2.12. The summed E-state index contributed by atoms with van der Waals surface area (Å²) in [6.45, 7) is 1.87. The normalized spacial score (nSPS) is 10.1. The predicted octanol–water partition coefficient (Wildman–Crippen LogP) is 4.39. The molecule has 0 aliphatic rings. The first-order valence-corrected chi connectivity index (χ1v) is 7.37. The van der Waals surface area contributed by atoms with Gasteiger partial charge in [0, 0.05) is 17.1 Å². The van der Waals surface area contributed by atoms with Crippen molar-refractivity contribution in [2.75, 3.05) is 10.6 Å². The van der Waals surface area contributed by atoms with E-state index in [0.29, 0.717) is 11.3 Å². The Morgan fingerprint density at radius 2 is 1.52 bits per heavy atom. The first-order valence-electron chi connectivity index (χ1n) is 7.37. The fourth-order valence-corrected chi connectivity index (χ4v) is 2.24. The SMILES string of the molecule is Cc1cc(C(=O)Nc2ccccc2)c(Nc2ccccc2)cn1. The summed E-state index contributed by atoms with van der Waals surface area (Å²) >= 11 is 0. The number of anilines is 3. The van der Waals surface area contributed by atoms with Gasteiger partial charge in [-0.3, -0.25) is 9.78 Å². The number of hydrogen-bond donors (Lipinski definition) is 2. The van der Waals surface area contributed by atoms with Crippen LogP contribution in [0.25, 0.3) is 0 Å². The lowest BCUT2D eigenvalue weighted by Crippen LogP contribution is -2.14. The van der Waals surface area contributed by atoms with Gasteiger partial charge in [0.05, 0.1) is 17.4 Å². The van der Waals surface area contributed by atoms with E-state index in [1.165, 1.54) is 0 Å². The fourth-order valence-electron chi connectivity index (χ4n) is 2.24. The first kappa shape index (κ1) is 14.8. The summed E-state index contributed by atoms with van der Waals surface area (Å²) in [6, 6.07) is 20.9. The number of pyridine rings is 1. The molecule has 1 amide bonds. The lowest BCUT2D eigenvalue weighted by molar-refractivity contribution is 0.102. The third-order valence-corrected chi connectivity index (χ3v) is 3.37. The molecule has 4 nitrogen and oxygen atoms in total. The Bertz CT molecular complexity index is 801. The fraction of sp³-hybridized carbons (Fsp3) is 0.0526. The van der Waals surface area contributed by atoms with Crippen molar-refractivity contribution in [1.29, 1.82) is 0 Å². The number of rotatable bonds is 4. The molecule has 0 saturated heterocycles. The van der Waals surface area contributed by atoms with E-state index in [1.807, 2.05) is 67.6 Å². The van der Waals surface area contributed by atoms with E-state index in [2.05, 4.69) is 15.6 Å². The van der Waals surface area contributed by atoms with Gasteiger partial charge in [-0.2, -0.15) is 0 Å². The summed E-state index contributed by atoms with van der Waals surface area (Å²) in [5.41, 5.74) is 3.70. The molecular formula is C19H17N3O. The summed E-state index contributed by atoms with van der Waals surface area (Å²) < 4.78 is 0. The molecule has 4 heteroatoms. The first-order chi connectivity index (χ1) is 11.2. The molecule has 1 heterocycles. The third kappa shape index (κ3) is 3.74. The summed E-state index contributed by atoms with van der Waals surface area (Å²) in [5, 5.41) is 6.15. The molecule has 0 bridgehead atoms. The van der Waals surface area contributed by atoms with Crippen LogP contribution in [0.4, 0.5) is 17.1 Å². The molecule has 3 aromatic rings. The third-order valence-electron chi connectivity index (χ3n) is 3.37. The van der Waals surface area contributed by atoms with E-state index >= 15 is 0 Å². The number of nitrogens with zero attached hydrogens (tertiary/aromatic N) is 1. The standard InChI is InChI=1S/C19H17N3O/c1-14-12-17(19(23)22-16-10-6-3-7-11-16)18(13-20-14)21-15-8-4-2-5-9-15/h2-13,21H,1H3,(H,22,23). The topological polar surface area (TPSA) is 54.0 Å². The second-order valence-electron chi connectivity index (χ2n) is 5.18. The van der Waals surface area contributed by atoms with Crippen LogP contribution >= 0.6 is 0 Å². The molecule has 0 unspecified atom stereocenters. The minimum absolute atomic E-state index is 0.167. The number of aromatic nitrogens is 1. The van der Waals surface area contributed by atoms with Crippen molar-refractivity contribution in [3.8, 4) is 0 Å². The number of carbonyl (C=O) groups excluding carboxylic acids is 1. The number of aryl methyl sites for hydroxylation is 1. The zero-order valence-electron chi connectivity index (χ0n) is 12.8. The maximum Gasteiger partial charge on any atom is 0.257 e. The Hall–Kier alpha value is -3.14. The van der Waals surface area contributed by atoms with Crippen molar-refractivity contribution in [3.63, 3.8) is 0 Å². The number of hydrogen-bond acceptors (Lipinski definition) is 3. The van der Waals surface area contributed by atoms with Gasteiger partial charge >= 0.3 is 0 Å². The molecule has 23 heavy (non-hydrogen) atoms. The zero-order chi connectivity index (χ0) is 16.1. The summed E-state index contributed by atoms with van der Waals surface area (Å²) in [7, 11) is 0. The number of benzene rings is 2. The Labute approximate surface area is 135 Å². The largest absolute Gasteiger partial charge is 0.354 e. The molecule has 2 N–H and O–H groups in total.